The Morgan fingerprint density at radius 3 is 2.00 bits per heavy atom. The van der Waals surface area contributed by atoms with E-state index in [4.69, 9.17) is 5.11 Å². The third-order valence-corrected chi connectivity index (χ3v) is 8.67. The highest BCUT2D eigenvalue weighted by Gasteiger charge is 2.58. The summed E-state index contributed by atoms with van der Waals surface area (Å²) in [7, 11) is -3.31. The number of unbranched alkanes of at least 4 members (excludes halogenated alkanes) is 2. The number of fused-ring (bicyclic) bond motifs is 1. The number of aliphatic hydroxyl groups excluding tert-OH is 1. The minimum Gasteiger partial charge on any atom is -0.396 e. The molecule has 2 fully saturated rings. The minimum atomic E-state index is -3.31. The maximum absolute atomic E-state index is 13.5. The number of rotatable bonds is 9. The Kier molecular flexibility index (Phi) is 6.62. The van der Waals surface area contributed by atoms with Crippen molar-refractivity contribution in [2.45, 2.75) is 56.1 Å². The lowest BCUT2D eigenvalue weighted by molar-refractivity contribution is 0.180. The Hall–Kier alpha value is -2.38. The third kappa shape index (κ3) is 4.62. The highest BCUT2D eigenvalue weighted by Crippen LogP contribution is 2.39. The fourth-order valence-corrected chi connectivity index (χ4v) is 7.32. The lowest BCUT2D eigenvalue weighted by atomic mass is 10.0. The second kappa shape index (κ2) is 9.40. The van der Waals surface area contributed by atoms with Gasteiger partial charge in [-0.25, -0.2) is 13.2 Å². The summed E-state index contributed by atoms with van der Waals surface area (Å²) in [6, 6.07) is 18.7. The van der Waals surface area contributed by atoms with Crippen molar-refractivity contribution in [3.05, 3.63) is 71.8 Å². The highest BCUT2D eigenvalue weighted by atomic mass is 32.2. The zero-order valence-corrected chi connectivity index (χ0v) is 18.5. The maximum Gasteiger partial charge on any atom is 0.321 e. The number of carbonyl (C=O) groups excluding carboxylic acids is 1. The molecule has 31 heavy (non-hydrogen) atoms. The van der Waals surface area contributed by atoms with Crippen molar-refractivity contribution in [2.75, 3.05) is 12.4 Å². The summed E-state index contributed by atoms with van der Waals surface area (Å²) in [5.74, 6) is 0.0200. The van der Waals surface area contributed by atoms with Crippen LogP contribution in [0.1, 0.15) is 36.8 Å². The number of benzene rings is 2. The Labute approximate surface area is 184 Å². The quantitative estimate of drug-likeness (QED) is 0.478. The molecule has 0 saturated carbocycles. The second-order valence-electron chi connectivity index (χ2n) is 8.51. The number of aliphatic hydroxyl groups is 1. The second-order valence-corrected chi connectivity index (χ2v) is 10.8. The van der Waals surface area contributed by atoms with Gasteiger partial charge in [0, 0.05) is 19.7 Å². The van der Waals surface area contributed by atoms with Gasteiger partial charge >= 0.3 is 6.03 Å². The number of amides is 2. The number of carbonyl (C=O) groups is 1. The molecular weight excluding hydrogens is 412 g/mol. The van der Waals surface area contributed by atoms with Crippen molar-refractivity contribution in [1.29, 1.82) is 0 Å². The molecule has 2 aliphatic rings. The van der Waals surface area contributed by atoms with Gasteiger partial charge in [0.25, 0.3) is 0 Å². The van der Waals surface area contributed by atoms with Crippen molar-refractivity contribution in [3.63, 3.8) is 0 Å². The van der Waals surface area contributed by atoms with Crippen molar-refractivity contribution in [2.24, 2.45) is 0 Å². The molecule has 0 unspecified atom stereocenters. The van der Waals surface area contributed by atoms with Crippen LogP contribution in [-0.4, -0.2) is 59.0 Å². The molecule has 2 aromatic rings. The van der Waals surface area contributed by atoms with Crippen LogP contribution in [0.5, 0.6) is 0 Å². The zero-order chi connectivity index (χ0) is 21.8. The summed E-state index contributed by atoms with van der Waals surface area (Å²) in [5.41, 5.74) is 2.00. The summed E-state index contributed by atoms with van der Waals surface area (Å²) in [5, 5.41) is 8.50. The monoisotopic (exact) mass is 442 g/mol. The van der Waals surface area contributed by atoms with Crippen molar-refractivity contribution in [3.8, 4) is 0 Å². The zero-order valence-electron chi connectivity index (χ0n) is 17.6. The largest absolute Gasteiger partial charge is 0.396 e. The van der Waals surface area contributed by atoms with Gasteiger partial charge in [-0.05, 0) is 24.0 Å². The molecule has 2 aliphatic heterocycles. The first-order chi connectivity index (χ1) is 15.0. The topological polar surface area (TPSA) is 77.9 Å². The predicted molar refractivity (Wildman–Crippen MR) is 120 cm³/mol. The molecule has 4 rings (SSSR count). The molecule has 2 saturated heterocycles. The van der Waals surface area contributed by atoms with Crippen LogP contribution in [0.25, 0.3) is 0 Å². The average molecular weight is 443 g/mol. The first-order valence-corrected chi connectivity index (χ1v) is 12.7. The van der Waals surface area contributed by atoms with Gasteiger partial charge in [-0.15, -0.1) is 0 Å². The van der Waals surface area contributed by atoms with E-state index in [0.717, 1.165) is 24.0 Å². The fraction of sp³-hybridized carbons (Fsp3) is 0.458. The number of urea groups is 1. The van der Waals surface area contributed by atoms with Crippen LogP contribution in [0.4, 0.5) is 4.79 Å². The van der Waals surface area contributed by atoms with E-state index in [1.165, 1.54) is 0 Å². The molecule has 166 valence electrons. The highest BCUT2D eigenvalue weighted by molar-refractivity contribution is 7.92. The molecule has 2 amide bonds. The molecule has 3 atom stereocenters. The Morgan fingerprint density at radius 1 is 0.839 bits per heavy atom. The lowest BCUT2D eigenvalue weighted by Gasteiger charge is -2.27. The van der Waals surface area contributed by atoms with Crippen LogP contribution in [0.3, 0.4) is 0 Å². The van der Waals surface area contributed by atoms with E-state index in [2.05, 4.69) is 0 Å². The summed E-state index contributed by atoms with van der Waals surface area (Å²) in [4.78, 5) is 17.0. The van der Waals surface area contributed by atoms with E-state index >= 15 is 0 Å². The molecule has 6 nitrogen and oxygen atoms in total. The van der Waals surface area contributed by atoms with Crippen molar-refractivity contribution >= 4 is 15.9 Å². The first-order valence-electron chi connectivity index (χ1n) is 11.0. The van der Waals surface area contributed by atoms with Crippen LogP contribution in [0.15, 0.2) is 60.7 Å². The number of hydrogen-bond donors (Lipinski definition) is 1. The summed E-state index contributed by atoms with van der Waals surface area (Å²) < 4.78 is 26.3. The van der Waals surface area contributed by atoms with Crippen LogP contribution in [0, 0.1) is 0 Å². The van der Waals surface area contributed by atoms with Crippen molar-refractivity contribution in [1.82, 2.24) is 9.80 Å². The van der Waals surface area contributed by atoms with Gasteiger partial charge in [0.1, 0.15) is 0 Å². The number of sulfone groups is 1. The Bertz CT molecular complexity index is 981. The van der Waals surface area contributed by atoms with E-state index in [-0.39, 0.29) is 30.5 Å². The van der Waals surface area contributed by atoms with Crippen LogP contribution in [0.2, 0.25) is 0 Å². The molecule has 2 heterocycles. The molecular formula is C24H30N2O4S. The summed E-state index contributed by atoms with van der Waals surface area (Å²) >= 11 is 0. The molecule has 0 radical (unpaired) electrons. The van der Waals surface area contributed by atoms with E-state index in [0.29, 0.717) is 25.9 Å². The number of hydrogen-bond acceptors (Lipinski definition) is 4. The summed E-state index contributed by atoms with van der Waals surface area (Å²) in [6.45, 7) is 0.945. The van der Waals surface area contributed by atoms with Gasteiger partial charge in [-0.1, -0.05) is 73.5 Å². The van der Waals surface area contributed by atoms with Gasteiger partial charge in [0.2, 0.25) is 0 Å². The van der Waals surface area contributed by atoms with Gasteiger partial charge in [-0.2, -0.15) is 0 Å². The van der Waals surface area contributed by atoms with Gasteiger partial charge in [-0.3, -0.25) is 0 Å². The maximum atomic E-state index is 13.5. The molecule has 0 spiro atoms. The first kappa shape index (κ1) is 21.8. The van der Waals surface area contributed by atoms with Crippen molar-refractivity contribution < 1.29 is 18.3 Å². The average Bonchev–Trinajstić information content (AvgIpc) is 3.16. The molecule has 1 N–H and O–H groups in total. The molecule has 7 heteroatoms. The van der Waals surface area contributed by atoms with E-state index in [9.17, 15) is 13.2 Å². The van der Waals surface area contributed by atoms with E-state index in [1.54, 1.807) is 9.80 Å². The third-order valence-electron chi connectivity index (χ3n) is 6.43. The van der Waals surface area contributed by atoms with Gasteiger partial charge < -0.3 is 14.9 Å². The van der Waals surface area contributed by atoms with Gasteiger partial charge in [0.05, 0.1) is 23.1 Å². The fourth-order valence-electron chi connectivity index (χ4n) is 4.94. The molecule has 2 aromatic carbocycles. The van der Waals surface area contributed by atoms with E-state index in [1.807, 2.05) is 60.7 Å². The van der Waals surface area contributed by atoms with E-state index < -0.39 is 15.1 Å². The summed E-state index contributed by atoms with van der Waals surface area (Å²) in [6.07, 6.45) is 2.73. The lowest BCUT2D eigenvalue weighted by Crippen LogP contribution is -2.42. The molecule has 0 aliphatic carbocycles. The smallest absolute Gasteiger partial charge is 0.321 e. The Morgan fingerprint density at radius 2 is 1.42 bits per heavy atom. The van der Waals surface area contributed by atoms with Crippen LogP contribution >= 0.6 is 0 Å². The standard InChI is InChI=1S/C24H30N2O4S/c27-15-9-3-8-14-22-23-21(18-31(22,29)30)25(16-19-10-4-1-5-11-19)24(28)26(23)17-20-12-6-2-7-13-20/h1-2,4-7,10-13,21-23,27H,3,8-9,14-18H2/t21-,22-,23-/m0/s1. The number of nitrogens with zero attached hydrogens (tertiary/aromatic N) is 2. The van der Waals surface area contributed by atoms with Crippen LogP contribution in [-0.2, 0) is 22.9 Å². The van der Waals surface area contributed by atoms with Crippen LogP contribution < -0.4 is 0 Å². The molecule has 0 aromatic heterocycles. The molecule has 0 bridgehead atoms. The predicted octanol–water partition coefficient (Wildman–Crippen LogP) is 3.21. The normalized spacial score (nSPS) is 24.5. The van der Waals surface area contributed by atoms with Gasteiger partial charge in [0.15, 0.2) is 9.84 Å². The Balaban J connectivity index is 1.63. The minimum absolute atomic E-state index is 0.0200. The SMILES string of the molecule is O=C1N(Cc2ccccc2)[C@H]2[C@H](CS(=O)(=O)[C@H]2CCCCCO)N1Cc1ccccc1.